The van der Waals surface area contributed by atoms with Crippen LogP contribution in [0.25, 0.3) is 10.1 Å². The molecule has 0 bridgehead atoms. The maximum absolute atomic E-state index is 14.2. The average Bonchev–Trinajstić information content (AvgIpc) is 2.76. The molecule has 5 heteroatoms. The molecule has 1 N–H and O–H groups in total. The van der Waals surface area contributed by atoms with E-state index < -0.39 is 0 Å². The Hall–Kier alpha value is -0.620. The zero-order chi connectivity index (χ0) is 14.5. The molecule has 0 saturated carbocycles. The molecule has 0 aliphatic rings. The number of nitrogens with one attached hydrogen (secondary N) is 1. The quantitative estimate of drug-likeness (QED) is 0.841. The van der Waals surface area contributed by atoms with Crippen LogP contribution in [0.2, 0.25) is 0 Å². The van der Waals surface area contributed by atoms with E-state index in [1.165, 1.54) is 4.88 Å². The minimum Gasteiger partial charge on any atom is -0.315 e. The molecule has 2 rings (SSSR count). The molecular weight excluding hydrogens is 291 g/mol. The Morgan fingerprint density at radius 1 is 1.40 bits per heavy atom. The van der Waals surface area contributed by atoms with Gasteiger partial charge < -0.3 is 10.2 Å². The van der Waals surface area contributed by atoms with E-state index in [1.54, 1.807) is 23.5 Å². The van der Waals surface area contributed by atoms with Crippen LogP contribution in [0.15, 0.2) is 18.2 Å². The van der Waals surface area contributed by atoms with Gasteiger partial charge in [-0.1, -0.05) is 6.07 Å². The summed E-state index contributed by atoms with van der Waals surface area (Å²) in [7, 11) is 4.03. The molecule has 0 radical (unpaired) electrons. The van der Waals surface area contributed by atoms with Crippen molar-refractivity contribution in [1.82, 2.24) is 10.2 Å². The second-order valence-electron chi connectivity index (χ2n) is 4.88. The summed E-state index contributed by atoms with van der Waals surface area (Å²) in [6.45, 7) is 2.62. The molecule has 0 atom stereocenters. The van der Waals surface area contributed by atoms with Crippen molar-refractivity contribution in [3.05, 3.63) is 34.5 Å². The molecule has 1 aromatic carbocycles. The summed E-state index contributed by atoms with van der Waals surface area (Å²) in [4.78, 5) is 3.51. The first-order valence-electron chi connectivity index (χ1n) is 6.68. The van der Waals surface area contributed by atoms with Crippen molar-refractivity contribution in [3.63, 3.8) is 0 Å². The Bertz CT molecular complexity index is 568. The van der Waals surface area contributed by atoms with Crippen molar-refractivity contribution in [1.29, 1.82) is 0 Å². The van der Waals surface area contributed by atoms with Gasteiger partial charge in [-0.05, 0) is 38.0 Å². The molecule has 110 valence electrons. The molecule has 0 saturated heterocycles. The molecule has 0 aliphatic heterocycles. The molecule has 0 amide bonds. The van der Waals surface area contributed by atoms with Crippen LogP contribution in [-0.2, 0) is 13.1 Å². The smallest absolute Gasteiger partial charge is 0.132 e. The van der Waals surface area contributed by atoms with E-state index in [2.05, 4.69) is 23.5 Å². The minimum atomic E-state index is -0.102. The largest absolute Gasteiger partial charge is 0.315 e. The van der Waals surface area contributed by atoms with Crippen molar-refractivity contribution in [2.45, 2.75) is 13.1 Å². The standard InChI is InChI=1S/C15H21FN2S2/c1-17-9-14-11(10-18(2)7-8-19-3)15-12(16)5-4-6-13(15)20-14/h4-6,17H,7-10H2,1-3H3. The molecular formula is C15H21FN2S2. The van der Waals surface area contributed by atoms with E-state index in [-0.39, 0.29) is 5.82 Å². The first kappa shape index (κ1) is 15.8. The van der Waals surface area contributed by atoms with Crippen molar-refractivity contribution >= 4 is 33.2 Å². The minimum absolute atomic E-state index is 0.102. The highest BCUT2D eigenvalue weighted by molar-refractivity contribution is 7.98. The van der Waals surface area contributed by atoms with E-state index in [9.17, 15) is 4.39 Å². The molecule has 2 aromatic rings. The zero-order valence-electron chi connectivity index (χ0n) is 12.2. The SMILES string of the molecule is CNCc1sc2cccc(F)c2c1CN(C)CCSC. The van der Waals surface area contributed by atoms with Gasteiger partial charge in [0.2, 0.25) is 0 Å². The third-order valence-corrected chi connectivity index (χ3v) is 5.08. The molecule has 0 unspecified atom stereocenters. The summed E-state index contributed by atoms with van der Waals surface area (Å²) in [6.07, 6.45) is 2.11. The number of benzene rings is 1. The number of halogens is 1. The van der Waals surface area contributed by atoms with Gasteiger partial charge in [-0.2, -0.15) is 11.8 Å². The lowest BCUT2D eigenvalue weighted by atomic mass is 10.1. The second-order valence-corrected chi connectivity index (χ2v) is 7.00. The Morgan fingerprint density at radius 3 is 2.90 bits per heavy atom. The molecule has 0 fully saturated rings. The summed E-state index contributed by atoms with van der Waals surface area (Å²) in [6, 6.07) is 5.36. The van der Waals surface area contributed by atoms with Crippen molar-refractivity contribution < 1.29 is 4.39 Å². The van der Waals surface area contributed by atoms with Gasteiger partial charge in [0, 0.05) is 40.4 Å². The maximum atomic E-state index is 14.2. The topological polar surface area (TPSA) is 15.3 Å². The van der Waals surface area contributed by atoms with Crippen LogP contribution in [0.4, 0.5) is 4.39 Å². The van der Waals surface area contributed by atoms with Crippen LogP contribution in [0.3, 0.4) is 0 Å². The molecule has 2 nitrogen and oxygen atoms in total. The fraction of sp³-hybridized carbons (Fsp3) is 0.467. The highest BCUT2D eigenvalue weighted by Gasteiger charge is 2.16. The van der Waals surface area contributed by atoms with Crippen LogP contribution >= 0.6 is 23.1 Å². The molecule has 1 aromatic heterocycles. The lowest BCUT2D eigenvalue weighted by Crippen LogP contribution is -2.21. The van der Waals surface area contributed by atoms with Crippen LogP contribution in [-0.4, -0.2) is 37.5 Å². The lowest BCUT2D eigenvalue weighted by Gasteiger charge is -2.17. The summed E-state index contributed by atoms with van der Waals surface area (Å²) >= 11 is 3.53. The van der Waals surface area contributed by atoms with Crippen molar-refractivity contribution in [2.24, 2.45) is 0 Å². The van der Waals surface area contributed by atoms with Crippen LogP contribution in [0.1, 0.15) is 10.4 Å². The van der Waals surface area contributed by atoms with Gasteiger partial charge in [0.25, 0.3) is 0 Å². The number of hydrogen-bond acceptors (Lipinski definition) is 4. The Balaban J connectivity index is 2.35. The van der Waals surface area contributed by atoms with Crippen molar-refractivity contribution in [3.8, 4) is 0 Å². The predicted molar refractivity (Wildman–Crippen MR) is 89.3 cm³/mol. The van der Waals surface area contributed by atoms with E-state index in [1.807, 2.05) is 24.9 Å². The summed E-state index contributed by atoms with van der Waals surface area (Å²) < 4.78 is 15.2. The number of hydrogen-bond donors (Lipinski definition) is 1. The van der Waals surface area contributed by atoms with Gasteiger partial charge in [0.1, 0.15) is 5.82 Å². The first-order valence-corrected chi connectivity index (χ1v) is 8.89. The van der Waals surface area contributed by atoms with Crippen LogP contribution in [0.5, 0.6) is 0 Å². The summed E-state index contributed by atoms with van der Waals surface area (Å²) in [5, 5.41) is 3.99. The second kappa shape index (κ2) is 7.41. The number of thiophene rings is 1. The van der Waals surface area contributed by atoms with Crippen LogP contribution in [0, 0.1) is 5.82 Å². The number of thioether (sulfide) groups is 1. The van der Waals surface area contributed by atoms with Crippen molar-refractivity contribution in [2.75, 3.05) is 32.6 Å². The predicted octanol–water partition coefficient (Wildman–Crippen LogP) is 3.55. The normalized spacial score (nSPS) is 11.7. The Labute approximate surface area is 128 Å². The molecule has 0 aliphatic carbocycles. The van der Waals surface area contributed by atoms with E-state index >= 15 is 0 Å². The summed E-state index contributed by atoms with van der Waals surface area (Å²) in [5.41, 5.74) is 1.14. The third kappa shape index (κ3) is 3.52. The maximum Gasteiger partial charge on any atom is 0.132 e. The van der Waals surface area contributed by atoms with Gasteiger partial charge >= 0.3 is 0 Å². The number of fused-ring (bicyclic) bond motifs is 1. The zero-order valence-corrected chi connectivity index (χ0v) is 13.8. The monoisotopic (exact) mass is 312 g/mol. The first-order chi connectivity index (χ1) is 9.67. The molecule has 20 heavy (non-hydrogen) atoms. The molecule has 0 spiro atoms. The highest BCUT2D eigenvalue weighted by atomic mass is 32.2. The van der Waals surface area contributed by atoms with E-state index in [0.29, 0.717) is 0 Å². The Kier molecular flexibility index (Phi) is 5.84. The van der Waals surface area contributed by atoms with Gasteiger partial charge in [-0.15, -0.1) is 11.3 Å². The van der Waals surface area contributed by atoms with Gasteiger partial charge in [-0.25, -0.2) is 4.39 Å². The number of rotatable bonds is 7. The highest BCUT2D eigenvalue weighted by Crippen LogP contribution is 2.34. The van der Waals surface area contributed by atoms with E-state index in [0.717, 1.165) is 41.0 Å². The molecule has 1 heterocycles. The fourth-order valence-electron chi connectivity index (χ4n) is 2.28. The van der Waals surface area contributed by atoms with Crippen LogP contribution < -0.4 is 5.32 Å². The lowest BCUT2D eigenvalue weighted by molar-refractivity contribution is 0.349. The van der Waals surface area contributed by atoms with E-state index in [4.69, 9.17) is 0 Å². The van der Waals surface area contributed by atoms with Gasteiger partial charge in [0.15, 0.2) is 0 Å². The van der Waals surface area contributed by atoms with Gasteiger partial charge in [-0.3, -0.25) is 0 Å². The average molecular weight is 312 g/mol. The Morgan fingerprint density at radius 2 is 2.20 bits per heavy atom. The number of nitrogens with zero attached hydrogens (tertiary/aromatic N) is 1. The summed E-state index contributed by atoms with van der Waals surface area (Å²) in [5.74, 6) is 0.997. The fourth-order valence-corrected chi connectivity index (χ4v) is 4.02. The third-order valence-electron chi connectivity index (χ3n) is 3.29. The van der Waals surface area contributed by atoms with Gasteiger partial charge in [0.05, 0.1) is 0 Å².